The molecule has 0 aliphatic carbocycles. The number of methoxy groups -OCH3 is 3. The van der Waals surface area contributed by atoms with Gasteiger partial charge in [-0.25, -0.2) is 5.43 Å². The quantitative estimate of drug-likeness (QED) is 0.514. The van der Waals surface area contributed by atoms with E-state index in [2.05, 4.69) is 10.5 Å². The summed E-state index contributed by atoms with van der Waals surface area (Å²) in [4.78, 5) is 12.4. The molecule has 9 heteroatoms. The van der Waals surface area contributed by atoms with Crippen LogP contribution in [0.2, 0.25) is 5.02 Å². The molecule has 0 aliphatic rings. The normalized spacial score (nSPS) is 10.6. The van der Waals surface area contributed by atoms with Gasteiger partial charge >= 0.3 is 0 Å². The lowest BCUT2D eigenvalue weighted by atomic mass is 10.1. The number of rotatable bonds is 8. The number of phenols is 1. The predicted molar refractivity (Wildman–Crippen MR) is 105 cm³/mol. The van der Waals surface area contributed by atoms with Crippen molar-refractivity contribution in [3.05, 3.63) is 40.4 Å². The average molecular weight is 409 g/mol. The first kappa shape index (κ1) is 21.2. The van der Waals surface area contributed by atoms with Gasteiger partial charge in [0.05, 0.1) is 39.2 Å². The lowest BCUT2D eigenvalue weighted by Crippen LogP contribution is -2.18. The number of hydrogen-bond acceptors (Lipinski definition) is 7. The molecule has 0 bridgehead atoms. The molecule has 0 spiro atoms. The summed E-state index contributed by atoms with van der Waals surface area (Å²) in [5.41, 5.74) is 3.21. The highest BCUT2D eigenvalue weighted by Crippen LogP contribution is 2.38. The van der Waals surface area contributed by atoms with Crippen LogP contribution in [0.5, 0.6) is 28.7 Å². The molecule has 2 aromatic rings. The molecule has 0 radical (unpaired) electrons. The number of hydrogen-bond donors (Lipinski definition) is 2. The third kappa shape index (κ3) is 4.77. The molecule has 2 N–H and O–H groups in total. The molecule has 150 valence electrons. The Kier molecular flexibility index (Phi) is 7.34. The molecular weight excluding hydrogens is 388 g/mol. The van der Waals surface area contributed by atoms with Gasteiger partial charge in [0, 0.05) is 5.56 Å². The van der Waals surface area contributed by atoms with Crippen LogP contribution in [0.3, 0.4) is 0 Å². The summed E-state index contributed by atoms with van der Waals surface area (Å²) in [6.07, 6.45) is 1.38. The third-order valence-electron chi connectivity index (χ3n) is 3.66. The second kappa shape index (κ2) is 9.70. The maximum Gasteiger partial charge on any atom is 0.271 e. The Morgan fingerprint density at radius 2 is 1.75 bits per heavy atom. The van der Waals surface area contributed by atoms with Crippen LogP contribution >= 0.6 is 11.6 Å². The van der Waals surface area contributed by atoms with Crippen molar-refractivity contribution in [3.63, 3.8) is 0 Å². The molecule has 0 aromatic heterocycles. The SMILES string of the molecule is CCOc1cc(/C=N/NC(=O)c2cc(OC)c(OC)c(OC)c2)cc(Cl)c1O. The summed E-state index contributed by atoms with van der Waals surface area (Å²) < 4.78 is 21.0. The van der Waals surface area contributed by atoms with Crippen LogP contribution in [0, 0.1) is 0 Å². The highest BCUT2D eigenvalue weighted by atomic mass is 35.5. The van der Waals surface area contributed by atoms with E-state index < -0.39 is 5.91 Å². The molecule has 2 aromatic carbocycles. The summed E-state index contributed by atoms with van der Waals surface area (Å²) in [5, 5.41) is 13.9. The Balaban J connectivity index is 2.20. The number of nitrogens with one attached hydrogen (secondary N) is 1. The number of amides is 1. The van der Waals surface area contributed by atoms with E-state index in [1.165, 1.54) is 45.7 Å². The zero-order valence-electron chi connectivity index (χ0n) is 15.9. The van der Waals surface area contributed by atoms with Crippen molar-refractivity contribution in [3.8, 4) is 28.7 Å². The van der Waals surface area contributed by atoms with E-state index in [9.17, 15) is 9.90 Å². The van der Waals surface area contributed by atoms with Crippen LogP contribution < -0.4 is 24.4 Å². The molecule has 28 heavy (non-hydrogen) atoms. The summed E-state index contributed by atoms with van der Waals surface area (Å²) in [7, 11) is 4.40. The fraction of sp³-hybridized carbons (Fsp3) is 0.263. The number of benzene rings is 2. The van der Waals surface area contributed by atoms with Crippen molar-refractivity contribution < 1.29 is 28.8 Å². The Labute approximate surface area is 167 Å². The molecule has 0 heterocycles. The Morgan fingerprint density at radius 1 is 1.11 bits per heavy atom. The minimum Gasteiger partial charge on any atom is -0.503 e. The second-order valence-electron chi connectivity index (χ2n) is 5.40. The molecule has 0 saturated carbocycles. The molecule has 0 atom stereocenters. The number of hydrazone groups is 1. The molecular formula is C19H21ClN2O6. The standard InChI is InChI=1S/C19H21ClN2O6/c1-5-28-14-7-11(6-13(20)17(14)23)10-21-22-19(24)12-8-15(25-2)18(27-4)16(9-12)26-3/h6-10,23H,5H2,1-4H3,(H,22,24)/b21-10+. The molecule has 0 unspecified atom stereocenters. The maximum absolute atomic E-state index is 12.4. The van der Waals surface area contributed by atoms with Crippen LogP contribution in [0.25, 0.3) is 0 Å². The van der Waals surface area contributed by atoms with Crippen LogP contribution in [0.15, 0.2) is 29.4 Å². The van der Waals surface area contributed by atoms with E-state index in [-0.39, 0.29) is 22.1 Å². The number of phenolic OH excluding ortho intramolecular Hbond substituents is 1. The predicted octanol–water partition coefficient (Wildman–Crippen LogP) is 3.23. The van der Waals surface area contributed by atoms with Gasteiger partial charge in [0.1, 0.15) is 0 Å². The first-order valence-corrected chi connectivity index (χ1v) is 8.61. The molecule has 0 saturated heterocycles. The van der Waals surface area contributed by atoms with Gasteiger partial charge in [-0.2, -0.15) is 5.10 Å². The van der Waals surface area contributed by atoms with Gasteiger partial charge in [0.15, 0.2) is 23.0 Å². The summed E-state index contributed by atoms with van der Waals surface area (Å²) >= 11 is 5.97. The van der Waals surface area contributed by atoms with Gasteiger partial charge < -0.3 is 24.1 Å². The topological polar surface area (TPSA) is 98.6 Å². The van der Waals surface area contributed by atoms with Crippen LogP contribution in [0.1, 0.15) is 22.8 Å². The fourth-order valence-corrected chi connectivity index (χ4v) is 2.60. The van der Waals surface area contributed by atoms with Gasteiger partial charge in [-0.3, -0.25) is 4.79 Å². The van der Waals surface area contributed by atoms with Crippen molar-refractivity contribution in [1.29, 1.82) is 0 Å². The Hall–Kier alpha value is -3.13. The van der Waals surface area contributed by atoms with E-state index in [0.717, 1.165) is 0 Å². The smallest absolute Gasteiger partial charge is 0.271 e. The minimum atomic E-state index is -0.481. The van der Waals surface area contributed by atoms with E-state index in [1.54, 1.807) is 13.0 Å². The van der Waals surface area contributed by atoms with Gasteiger partial charge in [0.2, 0.25) is 5.75 Å². The van der Waals surface area contributed by atoms with Gasteiger partial charge in [-0.05, 0) is 36.8 Å². The van der Waals surface area contributed by atoms with Crippen LogP contribution in [-0.2, 0) is 0 Å². The zero-order chi connectivity index (χ0) is 20.7. The lowest BCUT2D eigenvalue weighted by molar-refractivity contribution is 0.0954. The maximum atomic E-state index is 12.4. The minimum absolute atomic E-state index is 0.114. The summed E-state index contributed by atoms with van der Waals surface area (Å²) in [5.74, 6) is 0.678. The Morgan fingerprint density at radius 3 is 2.29 bits per heavy atom. The molecule has 1 amide bonds. The second-order valence-corrected chi connectivity index (χ2v) is 5.80. The highest BCUT2D eigenvalue weighted by molar-refractivity contribution is 6.32. The number of carbonyl (C=O) groups excluding carboxylic acids is 1. The van der Waals surface area contributed by atoms with Crippen LogP contribution in [-0.4, -0.2) is 45.2 Å². The monoisotopic (exact) mass is 408 g/mol. The first-order chi connectivity index (χ1) is 13.4. The molecule has 0 fully saturated rings. The Bertz CT molecular complexity index is 860. The number of nitrogens with zero attached hydrogens (tertiary/aromatic N) is 1. The van der Waals surface area contributed by atoms with Crippen molar-refractivity contribution >= 4 is 23.7 Å². The van der Waals surface area contributed by atoms with E-state index in [1.807, 2.05) is 0 Å². The summed E-state index contributed by atoms with van der Waals surface area (Å²) in [6.45, 7) is 2.15. The molecule has 8 nitrogen and oxygen atoms in total. The van der Waals surface area contributed by atoms with Crippen molar-refractivity contribution in [2.75, 3.05) is 27.9 Å². The van der Waals surface area contributed by atoms with Gasteiger partial charge in [-0.1, -0.05) is 11.6 Å². The number of carbonyl (C=O) groups is 1. The number of ether oxygens (including phenoxy) is 4. The largest absolute Gasteiger partial charge is 0.503 e. The number of aromatic hydroxyl groups is 1. The fourth-order valence-electron chi connectivity index (χ4n) is 2.38. The zero-order valence-corrected chi connectivity index (χ0v) is 16.7. The van der Waals surface area contributed by atoms with E-state index >= 15 is 0 Å². The van der Waals surface area contributed by atoms with Crippen molar-refractivity contribution in [2.45, 2.75) is 6.92 Å². The summed E-state index contributed by atoms with van der Waals surface area (Å²) in [6, 6.07) is 6.07. The van der Waals surface area contributed by atoms with E-state index in [4.69, 9.17) is 30.5 Å². The molecule has 2 rings (SSSR count). The van der Waals surface area contributed by atoms with Gasteiger partial charge in [0.25, 0.3) is 5.91 Å². The lowest BCUT2D eigenvalue weighted by Gasteiger charge is -2.13. The van der Waals surface area contributed by atoms with Gasteiger partial charge in [-0.15, -0.1) is 0 Å². The highest BCUT2D eigenvalue weighted by Gasteiger charge is 2.16. The number of halogens is 1. The average Bonchev–Trinajstić information content (AvgIpc) is 2.70. The third-order valence-corrected chi connectivity index (χ3v) is 3.95. The van der Waals surface area contributed by atoms with E-state index in [0.29, 0.717) is 29.4 Å². The van der Waals surface area contributed by atoms with Crippen LogP contribution in [0.4, 0.5) is 0 Å². The van der Waals surface area contributed by atoms with Crippen molar-refractivity contribution in [1.82, 2.24) is 5.43 Å². The first-order valence-electron chi connectivity index (χ1n) is 8.23. The molecule has 0 aliphatic heterocycles. The van der Waals surface area contributed by atoms with Crippen molar-refractivity contribution in [2.24, 2.45) is 5.10 Å².